The van der Waals surface area contributed by atoms with E-state index in [0.29, 0.717) is 11.0 Å². The molecule has 0 saturated carbocycles. The van der Waals surface area contributed by atoms with E-state index in [-0.39, 0.29) is 16.8 Å². The van der Waals surface area contributed by atoms with Crippen molar-refractivity contribution in [2.45, 2.75) is 17.0 Å². The van der Waals surface area contributed by atoms with E-state index in [1.165, 1.54) is 18.2 Å². The van der Waals surface area contributed by atoms with E-state index < -0.39 is 44.6 Å². The van der Waals surface area contributed by atoms with Crippen molar-refractivity contribution in [2.75, 3.05) is 0 Å². The molecule has 30 heavy (non-hydrogen) atoms. The molecule has 1 unspecified atom stereocenters. The fraction of sp³-hybridized carbons (Fsp3) is 0.118. The lowest BCUT2D eigenvalue weighted by Crippen LogP contribution is -2.23. The van der Waals surface area contributed by atoms with Crippen LogP contribution in [0.4, 0.5) is 17.6 Å². The molecule has 0 aliphatic heterocycles. The Balaban J connectivity index is 2.18. The molecule has 0 aliphatic carbocycles. The van der Waals surface area contributed by atoms with Crippen LogP contribution in [0.15, 0.2) is 53.7 Å². The highest BCUT2D eigenvalue weighted by molar-refractivity contribution is 7.89. The van der Waals surface area contributed by atoms with Crippen LogP contribution in [0.2, 0.25) is 0 Å². The number of nitrogens with zero attached hydrogens (tertiary/aromatic N) is 3. The third-order valence-corrected chi connectivity index (χ3v) is 5.02. The second-order valence-corrected chi connectivity index (χ2v) is 7.70. The minimum Gasteiger partial charge on any atom is -0.369 e. The number of sulfonamides is 1. The van der Waals surface area contributed by atoms with Gasteiger partial charge < -0.3 is 5.73 Å². The maximum absolute atomic E-state index is 13.6. The van der Waals surface area contributed by atoms with E-state index in [1.54, 1.807) is 0 Å². The van der Waals surface area contributed by atoms with Gasteiger partial charge in [0.15, 0.2) is 0 Å². The highest BCUT2D eigenvalue weighted by Crippen LogP contribution is 2.31. The van der Waals surface area contributed by atoms with Crippen LogP contribution in [0.1, 0.15) is 22.9 Å². The summed E-state index contributed by atoms with van der Waals surface area (Å²) in [5.74, 6) is -4.28. The van der Waals surface area contributed by atoms with Crippen LogP contribution in [0.3, 0.4) is 0 Å². The van der Waals surface area contributed by atoms with Gasteiger partial charge in [-0.1, -0.05) is 18.2 Å². The summed E-state index contributed by atoms with van der Waals surface area (Å²) in [6, 6.07) is 8.26. The predicted octanol–water partition coefficient (Wildman–Crippen LogP) is 1.69. The zero-order chi connectivity index (χ0) is 22.3. The molecule has 3 aromatic rings. The molecule has 1 heterocycles. The topological polar surface area (TPSA) is 134 Å². The number of alkyl halides is 3. The van der Waals surface area contributed by atoms with E-state index in [0.717, 1.165) is 24.3 Å². The van der Waals surface area contributed by atoms with Gasteiger partial charge in [0.2, 0.25) is 15.9 Å². The summed E-state index contributed by atoms with van der Waals surface area (Å²) in [6.07, 6.45) is -4.17. The van der Waals surface area contributed by atoms with Gasteiger partial charge in [0.25, 0.3) is 5.82 Å². The summed E-state index contributed by atoms with van der Waals surface area (Å²) in [4.78, 5) is 14.5. The molecule has 0 saturated heterocycles. The highest BCUT2D eigenvalue weighted by Gasteiger charge is 2.36. The molecule has 0 aliphatic rings. The number of primary amides is 1. The Morgan fingerprint density at radius 1 is 1.10 bits per heavy atom. The van der Waals surface area contributed by atoms with Crippen LogP contribution < -0.4 is 10.9 Å². The number of primary sulfonamides is 1. The van der Waals surface area contributed by atoms with Crippen molar-refractivity contribution < 1.29 is 30.8 Å². The first-order valence-electron chi connectivity index (χ1n) is 8.08. The molecule has 1 atom stereocenters. The number of amides is 1. The standard InChI is InChI=1S/C17H13F4N5O3S/c18-11-3-1-2-9(6-11)14(15(22)27)10-4-5-12(13(7-10)30(23,28)29)26-8-24-16(25-26)17(19,20)21/h1-8,14H,(H2,22,27)(H2,23,28,29). The molecule has 0 bridgehead atoms. The Labute approximate surface area is 167 Å². The number of benzene rings is 2. The van der Waals surface area contributed by atoms with Crippen LogP contribution in [0.25, 0.3) is 5.69 Å². The van der Waals surface area contributed by atoms with Crippen molar-refractivity contribution in [1.29, 1.82) is 0 Å². The second kappa shape index (κ2) is 7.50. The van der Waals surface area contributed by atoms with E-state index in [1.807, 2.05) is 0 Å². The smallest absolute Gasteiger partial charge is 0.369 e. The van der Waals surface area contributed by atoms with Gasteiger partial charge in [-0.25, -0.2) is 27.6 Å². The van der Waals surface area contributed by atoms with Crippen LogP contribution >= 0.6 is 0 Å². The number of carbonyl (C=O) groups excluding carboxylic acids is 1. The van der Waals surface area contributed by atoms with Gasteiger partial charge in [0.1, 0.15) is 17.0 Å². The first-order chi connectivity index (χ1) is 13.9. The molecular formula is C17H13F4N5O3S. The summed E-state index contributed by atoms with van der Waals surface area (Å²) in [5.41, 5.74) is 5.28. The number of nitrogens with two attached hydrogens (primary N) is 2. The Bertz CT molecular complexity index is 1220. The largest absolute Gasteiger partial charge is 0.453 e. The normalized spacial score (nSPS) is 13.2. The van der Waals surface area contributed by atoms with E-state index in [2.05, 4.69) is 10.1 Å². The van der Waals surface area contributed by atoms with E-state index in [4.69, 9.17) is 10.9 Å². The maximum Gasteiger partial charge on any atom is 0.453 e. The molecule has 4 N–H and O–H groups in total. The Morgan fingerprint density at radius 2 is 1.77 bits per heavy atom. The highest BCUT2D eigenvalue weighted by atomic mass is 32.2. The summed E-state index contributed by atoms with van der Waals surface area (Å²) in [6.45, 7) is 0. The molecule has 1 aromatic heterocycles. The Hall–Kier alpha value is -3.32. The quantitative estimate of drug-likeness (QED) is 0.579. The molecule has 1 amide bonds. The van der Waals surface area contributed by atoms with Crippen LogP contribution in [0, 0.1) is 5.82 Å². The molecule has 0 radical (unpaired) electrons. The third-order valence-electron chi connectivity index (χ3n) is 4.08. The number of halogens is 4. The number of hydrogen-bond donors (Lipinski definition) is 2. The lowest BCUT2D eigenvalue weighted by Gasteiger charge is -2.17. The van der Waals surface area contributed by atoms with E-state index in [9.17, 15) is 30.8 Å². The van der Waals surface area contributed by atoms with Crippen molar-refractivity contribution in [3.8, 4) is 5.69 Å². The minimum absolute atomic E-state index is 0.0389. The van der Waals surface area contributed by atoms with Gasteiger partial charge >= 0.3 is 6.18 Å². The zero-order valence-corrected chi connectivity index (χ0v) is 15.7. The van der Waals surface area contributed by atoms with Gasteiger partial charge in [0.05, 0.1) is 11.6 Å². The minimum atomic E-state index is -4.85. The lowest BCUT2D eigenvalue weighted by atomic mass is 9.90. The van der Waals surface area contributed by atoms with Gasteiger partial charge in [0, 0.05) is 0 Å². The summed E-state index contributed by atoms with van der Waals surface area (Å²) >= 11 is 0. The SMILES string of the molecule is NC(=O)C(c1cccc(F)c1)c1ccc(-n2cnc(C(F)(F)F)n2)c(S(N)(=O)=O)c1. The summed E-state index contributed by atoms with van der Waals surface area (Å²) in [7, 11) is -4.48. The molecular weight excluding hydrogens is 430 g/mol. The number of carbonyl (C=O) groups is 1. The van der Waals surface area contributed by atoms with Gasteiger partial charge in [-0.2, -0.15) is 13.2 Å². The Morgan fingerprint density at radius 3 is 2.30 bits per heavy atom. The maximum atomic E-state index is 13.6. The van der Waals surface area contributed by atoms with Crippen molar-refractivity contribution >= 4 is 15.9 Å². The van der Waals surface area contributed by atoms with Crippen LogP contribution in [-0.4, -0.2) is 29.1 Å². The second-order valence-electron chi connectivity index (χ2n) is 6.17. The van der Waals surface area contributed by atoms with Crippen molar-refractivity contribution in [3.05, 3.63) is 71.6 Å². The average Bonchev–Trinajstić information content (AvgIpc) is 3.11. The van der Waals surface area contributed by atoms with E-state index >= 15 is 0 Å². The van der Waals surface area contributed by atoms with Crippen molar-refractivity contribution in [3.63, 3.8) is 0 Å². The summed E-state index contributed by atoms with van der Waals surface area (Å²) in [5, 5.41) is 8.43. The Kier molecular flexibility index (Phi) is 5.34. The molecule has 0 fully saturated rings. The predicted molar refractivity (Wildman–Crippen MR) is 95.2 cm³/mol. The van der Waals surface area contributed by atoms with Gasteiger partial charge in [-0.05, 0) is 35.4 Å². The molecule has 13 heteroatoms. The number of hydrogen-bond acceptors (Lipinski definition) is 5. The zero-order valence-electron chi connectivity index (χ0n) is 14.8. The molecule has 0 spiro atoms. The lowest BCUT2D eigenvalue weighted by molar-refractivity contribution is -0.144. The molecule has 8 nitrogen and oxygen atoms in total. The van der Waals surface area contributed by atoms with Crippen molar-refractivity contribution in [2.24, 2.45) is 10.9 Å². The molecule has 3 rings (SSSR count). The summed E-state index contributed by atoms with van der Waals surface area (Å²) < 4.78 is 76.6. The third kappa shape index (κ3) is 4.31. The average molecular weight is 443 g/mol. The van der Waals surface area contributed by atoms with Gasteiger partial charge in [-0.3, -0.25) is 4.79 Å². The fourth-order valence-corrected chi connectivity index (χ4v) is 3.60. The number of rotatable bonds is 5. The van der Waals surface area contributed by atoms with Crippen LogP contribution in [-0.2, 0) is 21.0 Å². The monoisotopic (exact) mass is 443 g/mol. The molecule has 158 valence electrons. The van der Waals surface area contributed by atoms with Gasteiger partial charge in [-0.15, -0.1) is 5.10 Å². The fourth-order valence-electron chi connectivity index (χ4n) is 2.84. The first-order valence-corrected chi connectivity index (χ1v) is 9.63. The number of aromatic nitrogens is 3. The van der Waals surface area contributed by atoms with Crippen LogP contribution in [0.5, 0.6) is 0 Å². The van der Waals surface area contributed by atoms with Crippen molar-refractivity contribution in [1.82, 2.24) is 14.8 Å². The first kappa shape index (κ1) is 21.4. The molecule has 2 aromatic carbocycles.